The van der Waals surface area contributed by atoms with E-state index in [1.165, 1.54) is 25.2 Å². The molecule has 0 radical (unpaired) electrons. The molecule has 0 unspecified atom stereocenters. The lowest BCUT2D eigenvalue weighted by Crippen LogP contribution is -2.37. The van der Waals surface area contributed by atoms with Crippen LogP contribution < -0.4 is 9.46 Å². The molecule has 0 aromatic heterocycles. The zero-order valence-corrected chi connectivity index (χ0v) is 17.7. The van der Waals surface area contributed by atoms with Crippen LogP contribution in [0.3, 0.4) is 0 Å². The molecule has 0 saturated heterocycles. The van der Waals surface area contributed by atoms with Gasteiger partial charge in [0.25, 0.3) is 10.2 Å². The minimum atomic E-state index is -3.80. The Morgan fingerprint density at radius 2 is 1.79 bits per heavy atom. The summed E-state index contributed by atoms with van der Waals surface area (Å²) in [5, 5.41) is 0.187. The van der Waals surface area contributed by atoms with Crippen LogP contribution in [0.15, 0.2) is 42.5 Å². The van der Waals surface area contributed by atoms with Crippen molar-refractivity contribution in [1.29, 1.82) is 0 Å². The van der Waals surface area contributed by atoms with Gasteiger partial charge < -0.3 is 9.64 Å². The molecule has 0 aliphatic heterocycles. The summed E-state index contributed by atoms with van der Waals surface area (Å²) in [7, 11) is 1.50. The van der Waals surface area contributed by atoms with Crippen LogP contribution in [0.1, 0.15) is 11.1 Å². The highest BCUT2D eigenvalue weighted by atomic mass is 35.5. The number of ether oxygens (including phenoxy) is 1. The molecule has 0 aliphatic rings. The molecule has 2 aromatic rings. The van der Waals surface area contributed by atoms with Gasteiger partial charge in [-0.15, -0.1) is 0 Å². The van der Waals surface area contributed by atoms with Crippen LogP contribution in [-0.4, -0.2) is 51.9 Å². The molecule has 6 nitrogen and oxygen atoms in total. The SMILES string of the molecule is CN(C)CCOc1ccc(CNS(=O)(=O)N(C)Cc2c(F)cccc2Cl)cc1. The first-order valence-electron chi connectivity index (χ1n) is 8.69. The Morgan fingerprint density at radius 3 is 2.39 bits per heavy atom. The Labute approximate surface area is 171 Å². The van der Waals surface area contributed by atoms with E-state index in [9.17, 15) is 12.8 Å². The number of hydrogen-bond acceptors (Lipinski definition) is 4. The monoisotopic (exact) mass is 429 g/mol. The second-order valence-corrected chi connectivity index (χ2v) is 8.85. The molecule has 154 valence electrons. The lowest BCUT2D eigenvalue weighted by molar-refractivity contribution is 0.261. The Bertz CT molecular complexity index is 856. The van der Waals surface area contributed by atoms with Crippen LogP contribution in [0.4, 0.5) is 4.39 Å². The van der Waals surface area contributed by atoms with Gasteiger partial charge in [0.2, 0.25) is 0 Å². The van der Waals surface area contributed by atoms with Gasteiger partial charge in [0, 0.05) is 37.3 Å². The van der Waals surface area contributed by atoms with Gasteiger partial charge in [-0.25, -0.2) is 4.39 Å². The van der Waals surface area contributed by atoms with Crippen molar-refractivity contribution in [3.63, 3.8) is 0 Å². The molecule has 28 heavy (non-hydrogen) atoms. The maximum absolute atomic E-state index is 13.9. The Balaban J connectivity index is 1.91. The zero-order valence-electron chi connectivity index (χ0n) is 16.2. The topological polar surface area (TPSA) is 61.9 Å². The summed E-state index contributed by atoms with van der Waals surface area (Å²) in [5.41, 5.74) is 0.914. The van der Waals surface area contributed by atoms with Crippen molar-refractivity contribution in [3.05, 3.63) is 64.4 Å². The van der Waals surface area contributed by atoms with Crippen molar-refractivity contribution in [2.75, 3.05) is 34.3 Å². The molecule has 0 bridgehead atoms. The van der Waals surface area contributed by atoms with Gasteiger partial charge >= 0.3 is 0 Å². The third kappa shape index (κ3) is 6.72. The molecule has 1 N–H and O–H groups in total. The van der Waals surface area contributed by atoms with Gasteiger partial charge in [-0.3, -0.25) is 0 Å². The summed E-state index contributed by atoms with van der Waals surface area (Å²) >= 11 is 5.97. The van der Waals surface area contributed by atoms with Gasteiger partial charge in [-0.2, -0.15) is 17.4 Å². The van der Waals surface area contributed by atoms with Crippen molar-refractivity contribution >= 4 is 21.8 Å². The molecule has 2 rings (SSSR count). The quantitative estimate of drug-likeness (QED) is 0.630. The highest BCUT2D eigenvalue weighted by molar-refractivity contribution is 7.87. The summed E-state index contributed by atoms with van der Waals surface area (Å²) in [6.07, 6.45) is 0. The molecule has 9 heteroatoms. The predicted octanol–water partition coefficient (Wildman–Crippen LogP) is 2.89. The Kier molecular flexibility index (Phi) is 8.21. The molecule has 0 saturated carbocycles. The first-order valence-corrected chi connectivity index (χ1v) is 10.5. The molecule has 0 heterocycles. The van der Waals surface area contributed by atoms with E-state index in [4.69, 9.17) is 16.3 Å². The van der Waals surface area contributed by atoms with Crippen LogP contribution >= 0.6 is 11.6 Å². The summed E-state index contributed by atoms with van der Waals surface area (Å²) in [4.78, 5) is 2.02. The zero-order chi connectivity index (χ0) is 20.7. The van der Waals surface area contributed by atoms with Gasteiger partial charge in [0.15, 0.2) is 0 Å². The molecule has 0 spiro atoms. The first kappa shape index (κ1) is 22.6. The number of benzene rings is 2. The highest BCUT2D eigenvalue weighted by Gasteiger charge is 2.20. The summed E-state index contributed by atoms with van der Waals surface area (Å²) in [6, 6.07) is 11.4. The normalized spacial score (nSPS) is 12.0. The van der Waals surface area contributed by atoms with E-state index in [0.29, 0.717) is 6.61 Å². The molecule has 0 fully saturated rings. The Morgan fingerprint density at radius 1 is 1.11 bits per heavy atom. The van der Waals surface area contributed by atoms with E-state index >= 15 is 0 Å². The molecule has 0 aliphatic carbocycles. The largest absolute Gasteiger partial charge is 0.492 e. The lowest BCUT2D eigenvalue weighted by Gasteiger charge is -2.19. The number of nitrogens with one attached hydrogen (secondary N) is 1. The van der Waals surface area contributed by atoms with Crippen LogP contribution in [0, 0.1) is 5.82 Å². The number of hydrogen-bond donors (Lipinski definition) is 1. The average molecular weight is 430 g/mol. The van der Waals surface area contributed by atoms with Gasteiger partial charge in [0.1, 0.15) is 18.2 Å². The Hall–Kier alpha value is -1.71. The van der Waals surface area contributed by atoms with E-state index in [-0.39, 0.29) is 23.7 Å². The van der Waals surface area contributed by atoms with E-state index < -0.39 is 16.0 Å². The fraction of sp³-hybridized carbons (Fsp3) is 0.368. The third-order valence-corrected chi connectivity index (χ3v) is 5.86. The summed E-state index contributed by atoms with van der Waals surface area (Å²) < 4.78 is 47.9. The first-order chi connectivity index (χ1) is 13.2. The van der Waals surface area contributed by atoms with Crippen LogP contribution in [0.5, 0.6) is 5.75 Å². The van der Waals surface area contributed by atoms with Crippen LogP contribution in [-0.2, 0) is 23.3 Å². The standard InChI is InChI=1S/C19H25ClFN3O3S/c1-23(2)11-12-27-16-9-7-15(8-10-16)13-22-28(25,26)24(3)14-17-18(20)5-4-6-19(17)21/h4-10,22H,11-14H2,1-3H3. The maximum Gasteiger partial charge on any atom is 0.279 e. The minimum absolute atomic E-state index is 0.107. The highest BCUT2D eigenvalue weighted by Crippen LogP contribution is 2.21. The molecule has 0 amide bonds. The van der Waals surface area contributed by atoms with Crippen molar-refractivity contribution in [2.45, 2.75) is 13.1 Å². The van der Waals surface area contributed by atoms with Crippen LogP contribution in [0.2, 0.25) is 5.02 Å². The fourth-order valence-corrected chi connectivity index (χ4v) is 3.42. The second-order valence-electron chi connectivity index (χ2n) is 6.58. The van der Waals surface area contributed by atoms with E-state index in [2.05, 4.69) is 4.72 Å². The minimum Gasteiger partial charge on any atom is -0.492 e. The number of nitrogens with zero attached hydrogens (tertiary/aromatic N) is 2. The van der Waals surface area contributed by atoms with E-state index in [1.807, 2.05) is 19.0 Å². The molecular weight excluding hydrogens is 405 g/mol. The number of rotatable bonds is 10. The maximum atomic E-state index is 13.9. The van der Waals surface area contributed by atoms with Crippen molar-refractivity contribution in [1.82, 2.24) is 13.9 Å². The fourth-order valence-electron chi connectivity index (χ4n) is 2.33. The molecule has 2 aromatic carbocycles. The lowest BCUT2D eigenvalue weighted by atomic mass is 10.2. The van der Waals surface area contributed by atoms with Crippen molar-refractivity contribution < 1.29 is 17.5 Å². The van der Waals surface area contributed by atoms with Gasteiger partial charge in [0.05, 0.1) is 0 Å². The molecular formula is C19H25ClFN3O3S. The number of halogens is 2. The van der Waals surface area contributed by atoms with Crippen molar-refractivity contribution in [2.24, 2.45) is 0 Å². The average Bonchev–Trinajstić information content (AvgIpc) is 2.64. The van der Waals surface area contributed by atoms with Crippen molar-refractivity contribution in [3.8, 4) is 5.75 Å². The third-order valence-electron chi connectivity index (χ3n) is 4.04. The summed E-state index contributed by atoms with van der Waals surface area (Å²) in [6.45, 7) is 1.32. The molecule has 0 atom stereocenters. The number of likely N-dealkylation sites (N-methyl/N-ethyl adjacent to an activating group) is 1. The smallest absolute Gasteiger partial charge is 0.279 e. The second kappa shape index (κ2) is 10.2. The van der Waals surface area contributed by atoms with E-state index in [1.54, 1.807) is 24.3 Å². The van der Waals surface area contributed by atoms with Gasteiger partial charge in [-0.05, 0) is 43.9 Å². The van der Waals surface area contributed by atoms with Crippen LogP contribution in [0.25, 0.3) is 0 Å². The summed E-state index contributed by atoms with van der Waals surface area (Å²) in [5.74, 6) is 0.180. The van der Waals surface area contributed by atoms with Gasteiger partial charge in [-0.1, -0.05) is 29.8 Å². The van der Waals surface area contributed by atoms with E-state index in [0.717, 1.165) is 22.2 Å². The predicted molar refractivity (Wildman–Crippen MR) is 109 cm³/mol.